The first-order valence-electron chi connectivity index (χ1n) is 8.32. The monoisotopic (exact) mass is 344 g/mol. The van der Waals surface area contributed by atoms with Crippen molar-refractivity contribution in [3.8, 4) is 11.5 Å². The van der Waals surface area contributed by atoms with Gasteiger partial charge in [0.1, 0.15) is 0 Å². The number of carboxylic acids is 1. The molecular formula is C21H28O4. The van der Waals surface area contributed by atoms with Crippen LogP contribution >= 0.6 is 0 Å². The smallest absolute Gasteiger partial charge is 0.328 e. The highest BCUT2D eigenvalue weighted by atomic mass is 16.5. The SMILES string of the molecule is COc1cc(/C=C/C(=O)O)cc(C/C=C(\C)CCC=C(C)C)c1OC. The van der Waals surface area contributed by atoms with Crippen LogP contribution in [-0.4, -0.2) is 25.3 Å². The van der Waals surface area contributed by atoms with E-state index in [0.717, 1.165) is 30.0 Å². The van der Waals surface area contributed by atoms with Crippen molar-refractivity contribution in [1.29, 1.82) is 0 Å². The number of hydrogen-bond acceptors (Lipinski definition) is 3. The summed E-state index contributed by atoms with van der Waals surface area (Å²) in [5.41, 5.74) is 4.38. The molecule has 4 nitrogen and oxygen atoms in total. The minimum atomic E-state index is -0.980. The molecule has 0 aliphatic carbocycles. The minimum absolute atomic E-state index is 0.598. The molecule has 0 radical (unpaired) electrons. The summed E-state index contributed by atoms with van der Waals surface area (Å²) in [5, 5.41) is 8.81. The topological polar surface area (TPSA) is 55.8 Å². The van der Waals surface area contributed by atoms with E-state index in [9.17, 15) is 4.79 Å². The van der Waals surface area contributed by atoms with Crippen LogP contribution in [0.1, 0.15) is 44.7 Å². The van der Waals surface area contributed by atoms with Gasteiger partial charge >= 0.3 is 5.97 Å². The van der Waals surface area contributed by atoms with Crippen LogP contribution in [0.15, 0.2) is 41.5 Å². The summed E-state index contributed by atoms with van der Waals surface area (Å²) < 4.78 is 10.9. The second-order valence-electron chi connectivity index (χ2n) is 6.16. The Labute approximate surface area is 150 Å². The van der Waals surface area contributed by atoms with Crippen LogP contribution in [-0.2, 0) is 11.2 Å². The Morgan fingerprint density at radius 3 is 2.40 bits per heavy atom. The van der Waals surface area contributed by atoms with E-state index < -0.39 is 5.97 Å². The quantitative estimate of drug-likeness (QED) is 0.504. The number of hydrogen-bond donors (Lipinski definition) is 1. The molecule has 0 aliphatic rings. The molecule has 0 unspecified atom stereocenters. The predicted molar refractivity (Wildman–Crippen MR) is 102 cm³/mol. The molecule has 0 amide bonds. The van der Waals surface area contributed by atoms with Crippen molar-refractivity contribution in [2.45, 2.75) is 40.0 Å². The van der Waals surface area contributed by atoms with Gasteiger partial charge in [-0.1, -0.05) is 23.3 Å². The second-order valence-corrected chi connectivity index (χ2v) is 6.16. The van der Waals surface area contributed by atoms with Crippen LogP contribution in [0.25, 0.3) is 6.08 Å². The first kappa shape index (κ1) is 20.6. The van der Waals surface area contributed by atoms with Crippen molar-refractivity contribution in [2.24, 2.45) is 0 Å². The third kappa shape index (κ3) is 7.29. The van der Waals surface area contributed by atoms with Crippen LogP contribution in [0.2, 0.25) is 0 Å². The van der Waals surface area contributed by atoms with Gasteiger partial charge in [-0.2, -0.15) is 0 Å². The Kier molecular flexibility index (Phi) is 8.54. The fourth-order valence-corrected chi connectivity index (χ4v) is 2.46. The Balaban J connectivity index is 3.04. The number of carboxylic acid groups (broad SMARTS) is 1. The maximum absolute atomic E-state index is 10.7. The summed E-state index contributed by atoms with van der Waals surface area (Å²) in [7, 11) is 3.19. The van der Waals surface area contributed by atoms with Crippen molar-refractivity contribution >= 4 is 12.0 Å². The fraction of sp³-hybridized carbons (Fsp3) is 0.381. The Morgan fingerprint density at radius 2 is 1.84 bits per heavy atom. The van der Waals surface area contributed by atoms with Gasteiger partial charge in [-0.25, -0.2) is 4.79 Å². The fourth-order valence-electron chi connectivity index (χ4n) is 2.46. The third-order valence-electron chi connectivity index (χ3n) is 3.76. The van der Waals surface area contributed by atoms with Gasteiger partial charge in [0, 0.05) is 11.6 Å². The third-order valence-corrected chi connectivity index (χ3v) is 3.76. The molecule has 0 aliphatic heterocycles. The average Bonchev–Trinajstić information content (AvgIpc) is 2.56. The zero-order valence-corrected chi connectivity index (χ0v) is 15.8. The van der Waals surface area contributed by atoms with E-state index >= 15 is 0 Å². The highest BCUT2D eigenvalue weighted by molar-refractivity contribution is 5.85. The van der Waals surface area contributed by atoms with Crippen LogP contribution in [0.3, 0.4) is 0 Å². The van der Waals surface area contributed by atoms with E-state index in [1.165, 1.54) is 11.1 Å². The minimum Gasteiger partial charge on any atom is -0.493 e. The van der Waals surface area contributed by atoms with E-state index in [1.54, 1.807) is 26.4 Å². The number of benzene rings is 1. The molecule has 0 atom stereocenters. The lowest BCUT2D eigenvalue weighted by Gasteiger charge is -2.13. The first-order valence-corrected chi connectivity index (χ1v) is 8.32. The zero-order valence-electron chi connectivity index (χ0n) is 15.8. The molecule has 1 aromatic rings. The average molecular weight is 344 g/mol. The lowest BCUT2D eigenvalue weighted by atomic mass is 10.0. The zero-order chi connectivity index (χ0) is 18.8. The standard InChI is InChI=1S/C21H28O4/c1-15(2)7-6-8-16(3)9-11-18-13-17(10-12-20(22)23)14-19(24-4)21(18)25-5/h7,9-10,12-14H,6,8,11H2,1-5H3,(H,22,23)/b12-10+,16-9+. The van der Waals surface area contributed by atoms with Crippen LogP contribution in [0, 0.1) is 0 Å². The van der Waals surface area contributed by atoms with Gasteiger partial charge in [0.05, 0.1) is 14.2 Å². The molecule has 0 saturated heterocycles. The van der Waals surface area contributed by atoms with Crippen LogP contribution in [0.5, 0.6) is 11.5 Å². The number of rotatable bonds is 9. The largest absolute Gasteiger partial charge is 0.493 e. The highest BCUT2D eigenvalue weighted by Gasteiger charge is 2.11. The molecule has 136 valence electrons. The van der Waals surface area contributed by atoms with Gasteiger partial charge in [0.2, 0.25) is 0 Å². The van der Waals surface area contributed by atoms with Gasteiger partial charge in [-0.3, -0.25) is 0 Å². The normalized spacial score (nSPS) is 11.5. The molecule has 0 heterocycles. The summed E-state index contributed by atoms with van der Waals surface area (Å²) in [6.45, 7) is 6.33. The maximum Gasteiger partial charge on any atom is 0.328 e. The lowest BCUT2D eigenvalue weighted by Crippen LogP contribution is -1.97. The molecule has 4 heteroatoms. The molecular weight excluding hydrogens is 316 g/mol. The van der Waals surface area contributed by atoms with Crippen molar-refractivity contribution in [3.63, 3.8) is 0 Å². The number of methoxy groups -OCH3 is 2. The van der Waals surface area contributed by atoms with Gasteiger partial charge in [0.15, 0.2) is 11.5 Å². The molecule has 0 spiro atoms. The number of carbonyl (C=O) groups is 1. The molecule has 1 aromatic carbocycles. The second kappa shape index (κ2) is 10.4. The Hall–Kier alpha value is -2.49. The summed E-state index contributed by atoms with van der Waals surface area (Å²) in [4.78, 5) is 10.7. The van der Waals surface area contributed by atoms with Gasteiger partial charge < -0.3 is 14.6 Å². The first-order chi connectivity index (χ1) is 11.9. The van der Waals surface area contributed by atoms with E-state index in [-0.39, 0.29) is 0 Å². The van der Waals surface area contributed by atoms with Crippen molar-refractivity contribution in [1.82, 2.24) is 0 Å². The summed E-state index contributed by atoms with van der Waals surface area (Å²) in [6, 6.07) is 3.70. The van der Waals surface area contributed by atoms with Gasteiger partial charge in [-0.15, -0.1) is 0 Å². The van der Waals surface area contributed by atoms with Crippen molar-refractivity contribution < 1.29 is 19.4 Å². The molecule has 0 bridgehead atoms. The lowest BCUT2D eigenvalue weighted by molar-refractivity contribution is -0.131. The number of aliphatic carboxylic acids is 1. The van der Waals surface area contributed by atoms with Gasteiger partial charge in [-0.05, 0) is 63.8 Å². The van der Waals surface area contributed by atoms with E-state index in [1.807, 2.05) is 6.07 Å². The van der Waals surface area contributed by atoms with Crippen LogP contribution < -0.4 is 9.47 Å². The number of allylic oxidation sites excluding steroid dienone is 4. The predicted octanol–water partition coefficient (Wildman–Crippen LogP) is 5.04. The molecule has 0 fully saturated rings. The van der Waals surface area contributed by atoms with E-state index in [0.29, 0.717) is 17.9 Å². The van der Waals surface area contributed by atoms with Crippen molar-refractivity contribution in [3.05, 3.63) is 52.6 Å². The summed E-state index contributed by atoms with van der Waals surface area (Å²) in [5.74, 6) is 0.301. The van der Waals surface area contributed by atoms with E-state index in [4.69, 9.17) is 14.6 Å². The molecule has 0 aromatic heterocycles. The number of ether oxygens (including phenoxy) is 2. The van der Waals surface area contributed by atoms with Crippen LogP contribution in [0.4, 0.5) is 0 Å². The molecule has 0 saturated carbocycles. The Morgan fingerprint density at radius 1 is 1.12 bits per heavy atom. The van der Waals surface area contributed by atoms with Gasteiger partial charge in [0.25, 0.3) is 0 Å². The summed E-state index contributed by atoms with van der Waals surface area (Å²) in [6.07, 6.45) is 9.84. The van der Waals surface area contributed by atoms with Crippen molar-refractivity contribution in [2.75, 3.05) is 14.2 Å². The highest BCUT2D eigenvalue weighted by Crippen LogP contribution is 2.34. The van der Waals surface area contributed by atoms with E-state index in [2.05, 4.69) is 32.9 Å². The summed E-state index contributed by atoms with van der Waals surface area (Å²) >= 11 is 0. The molecule has 1 N–H and O–H groups in total. The molecule has 1 rings (SSSR count). The molecule has 25 heavy (non-hydrogen) atoms. The maximum atomic E-state index is 10.7. The Bertz CT molecular complexity index is 677.